The van der Waals surface area contributed by atoms with Crippen LogP contribution in [0.15, 0.2) is 30.3 Å². The highest BCUT2D eigenvalue weighted by atomic mass is 19.1. The monoisotopic (exact) mass is 237 g/mol. The molecule has 1 aromatic carbocycles. The van der Waals surface area contributed by atoms with Gasteiger partial charge in [-0.1, -0.05) is 30.3 Å². The zero-order valence-electron chi connectivity index (χ0n) is 10.5. The molecule has 0 saturated carbocycles. The number of alkyl halides is 1. The summed E-state index contributed by atoms with van der Waals surface area (Å²) in [6.07, 6.45) is 0. The van der Waals surface area contributed by atoms with E-state index >= 15 is 0 Å². The van der Waals surface area contributed by atoms with Crippen LogP contribution in [-0.4, -0.2) is 36.4 Å². The number of hydrogen-bond acceptors (Lipinski definition) is 2. The smallest absolute Gasteiger partial charge is 0.107 e. The highest BCUT2D eigenvalue weighted by Gasteiger charge is 2.33. The van der Waals surface area contributed by atoms with E-state index in [2.05, 4.69) is 30.9 Å². The second-order valence-corrected chi connectivity index (χ2v) is 5.27. The van der Waals surface area contributed by atoms with E-state index in [1.54, 1.807) is 0 Å². The Labute approximate surface area is 102 Å². The summed E-state index contributed by atoms with van der Waals surface area (Å²) in [7, 11) is 0. The molecule has 94 valence electrons. The molecule has 0 spiro atoms. The molecular weight excluding hydrogens is 217 g/mol. The minimum Gasteiger partial charge on any atom is -0.373 e. The lowest BCUT2D eigenvalue weighted by Gasteiger charge is -2.42. The van der Waals surface area contributed by atoms with E-state index in [-0.39, 0.29) is 18.3 Å². The van der Waals surface area contributed by atoms with Crippen LogP contribution in [0, 0.1) is 0 Å². The Kier molecular flexibility index (Phi) is 3.79. The normalized spacial score (nSPS) is 24.8. The van der Waals surface area contributed by atoms with Crippen LogP contribution in [0.25, 0.3) is 0 Å². The molecule has 0 bridgehead atoms. The van der Waals surface area contributed by atoms with Gasteiger partial charge in [0.15, 0.2) is 0 Å². The molecule has 1 aliphatic heterocycles. The third-order valence-electron chi connectivity index (χ3n) is 3.17. The topological polar surface area (TPSA) is 12.5 Å². The van der Waals surface area contributed by atoms with Gasteiger partial charge in [-0.3, -0.25) is 4.90 Å². The first-order valence-electron chi connectivity index (χ1n) is 6.09. The predicted molar refractivity (Wildman–Crippen MR) is 66.6 cm³/mol. The van der Waals surface area contributed by atoms with Gasteiger partial charge in [-0.25, -0.2) is 4.39 Å². The van der Waals surface area contributed by atoms with Gasteiger partial charge in [-0.15, -0.1) is 0 Å². The maximum atomic E-state index is 13.0. The summed E-state index contributed by atoms with van der Waals surface area (Å²) < 4.78 is 18.6. The molecule has 2 nitrogen and oxygen atoms in total. The Morgan fingerprint density at radius 3 is 2.71 bits per heavy atom. The molecule has 0 amide bonds. The van der Waals surface area contributed by atoms with Gasteiger partial charge in [0.2, 0.25) is 0 Å². The average molecular weight is 237 g/mol. The molecule has 0 aliphatic carbocycles. The van der Waals surface area contributed by atoms with Crippen LogP contribution >= 0.6 is 0 Å². The van der Waals surface area contributed by atoms with Crippen LogP contribution < -0.4 is 0 Å². The predicted octanol–water partition coefficient (Wildman–Crippen LogP) is 2.64. The van der Waals surface area contributed by atoms with Crippen molar-refractivity contribution in [3.05, 3.63) is 35.9 Å². The fourth-order valence-electron chi connectivity index (χ4n) is 2.24. The fourth-order valence-corrected chi connectivity index (χ4v) is 2.24. The summed E-state index contributed by atoms with van der Waals surface area (Å²) in [5.41, 5.74) is 1.05. The van der Waals surface area contributed by atoms with Crippen LogP contribution in [0.3, 0.4) is 0 Å². The molecule has 0 radical (unpaired) electrons. The number of benzene rings is 1. The molecule has 1 atom stereocenters. The van der Waals surface area contributed by atoms with Gasteiger partial charge in [0.25, 0.3) is 0 Å². The van der Waals surface area contributed by atoms with Crippen molar-refractivity contribution in [2.24, 2.45) is 0 Å². The van der Waals surface area contributed by atoms with Crippen LogP contribution in [0.5, 0.6) is 0 Å². The molecule has 1 aliphatic rings. The fraction of sp³-hybridized carbons (Fsp3) is 0.571. The summed E-state index contributed by atoms with van der Waals surface area (Å²) in [5, 5.41) is 0. The lowest BCUT2D eigenvalue weighted by molar-refractivity contribution is -0.120. The number of rotatable bonds is 3. The van der Waals surface area contributed by atoms with Crippen molar-refractivity contribution in [3.63, 3.8) is 0 Å². The molecule has 1 saturated heterocycles. The lowest BCUT2D eigenvalue weighted by atomic mass is 10.0. The van der Waals surface area contributed by atoms with Crippen molar-refractivity contribution in [2.45, 2.75) is 32.0 Å². The molecule has 0 aromatic heterocycles. The van der Waals surface area contributed by atoms with E-state index < -0.39 is 0 Å². The van der Waals surface area contributed by atoms with Crippen molar-refractivity contribution in [1.82, 2.24) is 4.90 Å². The van der Waals surface area contributed by atoms with E-state index in [0.717, 1.165) is 13.1 Å². The average Bonchev–Trinajstić information content (AvgIpc) is 2.30. The summed E-state index contributed by atoms with van der Waals surface area (Å²) in [6, 6.07) is 10.1. The van der Waals surface area contributed by atoms with Crippen molar-refractivity contribution >= 4 is 0 Å². The zero-order chi connectivity index (χ0) is 12.3. The third kappa shape index (κ3) is 3.27. The molecule has 1 heterocycles. The second-order valence-electron chi connectivity index (χ2n) is 5.27. The number of halogens is 1. The quantitative estimate of drug-likeness (QED) is 0.801. The Balaban J connectivity index is 2.06. The summed E-state index contributed by atoms with van der Waals surface area (Å²) in [4.78, 5) is 2.18. The first kappa shape index (κ1) is 12.5. The van der Waals surface area contributed by atoms with Gasteiger partial charge in [0.1, 0.15) is 6.67 Å². The van der Waals surface area contributed by atoms with Crippen molar-refractivity contribution in [2.75, 3.05) is 19.8 Å². The van der Waals surface area contributed by atoms with E-state index in [1.807, 2.05) is 18.2 Å². The van der Waals surface area contributed by atoms with Crippen LogP contribution in [-0.2, 0) is 11.3 Å². The minimum atomic E-state index is -0.344. The number of morpholine rings is 1. The molecule has 1 unspecified atom stereocenters. The van der Waals surface area contributed by atoms with E-state index in [4.69, 9.17) is 4.74 Å². The molecule has 1 aromatic rings. The number of nitrogens with zero attached hydrogens (tertiary/aromatic N) is 1. The molecule has 2 rings (SSSR count). The Bertz CT molecular complexity index is 352. The number of ether oxygens (including phenoxy) is 1. The van der Waals surface area contributed by atoms with Gasteiger partial charge in [0.05, 0.1) is 18.2 Å². The van der Waals surface area contributed by atoms with Crippen molar-refractivity contribution in [3.8, 4) is 0 Å². The second kappa shape index (κ2) is 5.15. The third-order valence-corrected chi connectivity index (χ3v) is 3.17. The van der Waals surface area contributed by atoms with Gasteiger partial charge in [0, 0.05) is 13.1 Å². The largest absolute Gasteiger partial charge is 0.373 e. The molecule has 1 fully saturated rings. The Morgan fingerprint density at radius 2 is 2.06 bits per heavy atom. The molecular formula is C14H20FNO. The minimum absolute atomic E-state index is 0.108. The first-order chi connectivity index (χ1) is 8.11. The maximum absolute atomic E-state index is 13.0. The number of hydrogen-bond donors (Lipinski definition) is 0. The van der Waals surface area contributed by atoms with Crippen molar-refractivity contribution < 1.29 is 9.13 Å². The molecule has 3 heteroatoms. The highest BCUT2D eigenvalue weighted by molar-refractivity contribution is 5.14. The van der Waals surface area contributed by atoms with E-state index in [1.165, 1.54) is 5.56 Å². The van der Waals surface area contributed by atoms with Gasteiger partial charge in [-0.05, 0) is 19.4 Å². The molecule has 0 N–H and O–H groups in total. The summed E-state index contributed by atoms with van der Waals surface area (Å²) in [5.74, 6) is 0. The Hall–Kier alpha value is -0.930. The molecule has 17 heavy (non-hydrogen) atoms. The summed E-state index contributed by atoms with van der Waals surface area (Å²) in [6.45, 7) is 5.82. The summed E-state index contributed by atoms with van der Waals surface area (Å²) >= 11 is 0. The van der Waals surface area contributed by atoms with Crippen molar-refractivity contribution in [1.29, 1.82) is 0 Å². The van der Waals surface area contributed by atoms with Crippen LogP contribution in [0.2, 0.25) is 0 Å². The lowest BCUT2D eigenvalue weighted by Crippen LogP contribution is -2.54. The zero-order valence-corrected chi connectivity index (χ0v) is 10.5. The van der Waals surface area contributed by atoms with Crippen LogP contribution in [0.1, 0.15) is 19.4 Å². The van der Waals surface area contributed by atoms with Gasteiger partial charge < -0.3 is 4.74 Å². The van der Waals surface area contributed by atoms with E-state index in [9.17, 15) is 4.39 Å². The standard InChI is InChI=1S/C14H20FNO/c1-14(2)11-16(13(8-15)10-17-14)9-12-6-4-3-5-7-12/h3-7,13H,8-11H2,1-2H3. The van der Waals surface area contributed by atoms with Gasteiger partial charge >= 0.3 is 0 Å². The maximum Gasteiger partial charge on any atom is 0.107 e. The first-order valence-corrected chi connectivity index (χ1v) is 6.09. The van der Waals surface area contributed by atoms with Crippen LogP contribution in [0.4, 0.5) is 4.39 Å². The highest BCUT2D eigenvalue weighted by Crippen LogP contribution is 2.22. The van der Waals surface area contributed by atoms with E-state index in [0.29, 0.717) is 6.61 Å². The Morgan fingerprint density at radius 1 is 1.35 bits per heavy atom. The SMILES string of the molecule is CC1(C)CN(Cc2ccccc2)C(CF)CO1. The van der Waals surface area contributed by atoms with Gasteiger partial charge in [-0.2, -0.15) is 0 Å².